The summed E-state index contributed by atoms with van der Waals surface area (Å²) in [6.07, 6.45) is 0.0459. The number of urea groups is 1. The molecule has 0 radical (unpaired) electrons. The molecule has 0 unspecified atom stereocenters. The van der Waals surface area contributed by atoms with Crippen LogP contribution in [0.4, 0.5) is 16.2 Å². The first-order chi connectivity index (χ1) is 10.5. The van der Waals surface area contributed by atoms with Crippen molar-refractivity contribution in [3.05, 3.63) is 53.6 Å². The van der Waals surface area contributed by atoms with Crippen LogP contribution in [0.3, 0.4) is 0 Å². The molecule has 22 heavy (non-hydrogen) atoms. The van der Waals surface area contributed by atoms with Crippen molar-refractivity contribution in [3.8, 4) is 5.75 Å². The normalized spacial score (nSPS) is 10.4. The molecule has 2 aromatic rings. The molecule has 0 saturated carbocycles. The Morgan fingerprint density at radius 3 is 2.23 bits per heavy atom. The average molecular weight is 298 g/mol. The van der Waals surface area contributed by atoms with Crippen LogP contribution in [0.5, 0.6) is 5.75 Å². The van der Waals surface area contributed by atoms with Crippen LogP contribution in [0.15, 0.2) is 42.5 Å². The van der Waals surface area contributed by atoms with Gasteiger partial charge < -0.3 is 15.4 Å². The molecule has 2 N–H and O–H groups in total. The number of para-hydroxylation sites is 3. The lowest BCUT2D eigenvalue weighted by Gasteiger charge is -2.16. The van der Waals surface area contributed by atoms with Crippen molar-refractivity contribution in [1.29, 1.82) is 0 Å². The summed E-state index contributed by atoms with van der Waals surface area (Å²) in [6, 6.07) is 13.0. The second kappa shape index (κ2) is 6.98. The third-order valence-electron chi connectivity index (χ3n) is 3.22. The zero-order valence-electron chi connectivity index (χ0n) is 13.4. The van der Waals surface area contributed by atoms with Gasteiger partial charge in [-0.3, -0.25) is 0 Å². The van der Waals surface area contributed by atoms with Gasteiger partial charge in [0.1, 0.15) is 5.75 Å². The molecule has 0 bridgehead atoms. The Labute approximate surface area is 131 Å². The zero-order chi connectivity index (χ0) is 16.1. The number of rotatable bonds is 4. The van der Waals surface area contributed by atoms with Crippen LogP contribution < -0.4 is 15.4 Å². The summed E-state index contributed by atoms with van der Waals surface area (Å²) in [7, 11) is 0. The quantitative estimate of drug-likeness (QED) is 0.857. The number of carbonyl (C=O) groups excluding carboxylic acids is 1. The van der Waals surface area contributed by atoms with E-state index in [1.165, 1.54) is 0 Å². The first kappa shape index (κ1) is 15.9. The maximum atomic E-state index is 12.2. The molecule has 0 atom stereocenters. The fourth-order valence-corrected chi connectivity index (χ4v) is 2.21. The van der Waals surface area contributed by atoms with E-state index in [0.717, 1.165) is 16.8 Å². The number of amides is 2. The van der Waals surface area contributed by atoms with E-state index in [9.17, 15) is 4.79 Å². The third kappa shape index (κ3) is 4.01. The number of ether oxygens (including phenoxy) is 1. The van der Waals surface area contributed by atoms with Gasteiger partial charge in [0.05, 0.1) is 11.8 Å². The summed E-state index contributed by atoms with van der Waals surface area (Å²) in [5.74, 6) is 0.661. The minimum absolute atomic E-state index is 0.0459. The minimum atomic E-state index is -0.280. The highest BCUT2D eigenvalue weighted by Crippen LogP contribution is 2.25. The largest absolute Gasteiger partial charge is 0.489 e. The number of hydrogen-bond acceptors (Lipinski definition) is 2. The molecule has 0 fully saturated rings. The van der Waals surface area contributed by atoms with Crippen molar-refractivity contribution >= 4 is 17.4 Å². The molecule has 116 valence electrons. The maximum absolute atomic E-state index is 12.2. The van der Waals surface area contributed by atoms with E-state index in [4.69, 9.17) is 4.74 Å². The van der Waals surface area contributed by atoms with E-state index < -0.39 is 0 Å². The molecular weight excluding hydrogens is 276 g/mol. The van der Waals surface area contributed by atoms with E-state index in [0.29, 0.717) is 11.4 Å². The number of hydrogen-bond donors (Lipinski definition) is 2. The first-order valence-corrected chi connectivity index (χ1v) is 7.37. The molecule has 0 aliphatic carbocycles. The second-order valence-electron chi connectivity index (χ2n) is 5.51. The van der Waals surface area contributed by atoms with Gasteiger partial charge >= 0.3 is 6.03 Å². The van der Waals surface area contributed by atoms with Gasteiger partial charge in [0, 0.05) is 5.69 Å². The molecule has 0 aliphatic heterocycles. The smallest absolute Gasteiger partial charge is 0.323 e. The number of aryl methyl sites for hydroxylation is 2. The summed E-state index contributed by atoms with van der Waals surface area (Å²) in [4.78, 5) is 12.2. The molecule has 4 heteroatoms. The van der Waals surface area contributed by atoms with Gasteiger partial charge in [0.15, 0.2) is 0 Å². The summed E-state index contributed by atoms with van der Waals surface area (Å²) in [5.41, 5.74) is 3.55. The molecule has 2 rings (SSSR count). The van der Waals surface area contributed by atoms with Crippen LogP contribution in [-0.4, -0.2) is 12.1 Å². The molecule has 0 spiro atoms. The SMILES string of the molecule is Cc1cccc(C)c1NC(=O)Nc1ccccc1OC(C)C. The van der Waals surface area contributed by atoms with E-state index in [-0.39, 0.29) is 12.1 Å². The number of carbonyl (C=O) groups is 1. The predicted octanol–water partition coefficient (Wildman–Crippen LogP) is 4.73. The Kier molecular flexibility index (Phi) is 5.04. The van der Waals surface area contributed by atoms with Gasteiger partial charge in [-0.1, -0.05) is 30.3 Å². The average Bonchev–Trinajstić information content (AvgIpc) is 2.45. The number of benzene rings is 2. The highest BCUT2D eigenvalue weighted by atomic mass is 16.5. The Hall–Kier alpha value is -2.49. The van der Waals surface area contributed by atoms with Gasteiger partial charge in [-0.05, 0) is 51.0 Å². The molecule has 0 saturated heterocycles. The molecule has 4 nitrogen and oxygen atoms in total. The van der Waals surface area contributed by atoms with Gasteiger partial charge in [0.25, 0.3) is 0 Å². The van der Waals surface area contributed by atoms with Crippen molar-refractivity contribution in [3.63, 3.8) is 0 Å². The fraction of sp³-hybridized carbons (Fsp3) is 0.278. The summed E-state index contributed by atoms with van der Waals surface area (Å²) < 4.78 is 5.70. The van der Waals surface area contributed by atoms with Gasteiger partial charge in [0.2, 0.25) is 0 Å². The Morgan fingerprint density at radius 2 is 1.59 bits per heavy atom. The summed E-state index contributed by atoms with van der Waals surface area (Å²) in [5, 5.41) is 5.75. The third-order valence-corrected chi connectivity index (χ3v) is 3.22. The second-order valence-corrected chi connectivity index (χ2v) is 5.51. The highest BCUT2D eigenvalue weighted by Gasteiger charge is 2.10. The minimum Gasteiger partial charge on any atom is -0.489 e. The molecule has 0 heterocycles. The summed E-state index contributed by atoms with van der Waals surface area (Å²) in [6.45, 7) is 7.85. The van der Waals surface area contributed by atoms with E-state index in [2.05, 4.69) is 10.6 Å². The number of nitrogens with one attached hydrogen (secondary N) is 2. The van der Waals surface area contributed by atoms with Gasteiger partial charge in [-0.2, -0.15) is 0 Å². The molecule has 0 aromatic heterocycles. The van der Waals surface area contributed by atoms with E-state index in [1.807, 2.05) is 70.2 Å². The van der Waals surface area contributed by atoms with Crippen molar-refractivity contribution in [1.82, 2.24) is 0 Å². The van der Waals surface area contributed by atoms with Crippen molar-refractivity contribution in [2.45, 2.75) is 33.8 Å². The van der Waals surface area contributed by atoms with Crippen molar-refractivity contribution in [2.75, 3.05) is 10.6 Å². The molecular formula is C18H22N2O2. The van der Waals surface area contributed by atoms with Crippen molar-refractivity contribution in [2.24, 2.45) is 0 Å². The van der Waals surface area contributed by atoms with Crippen LogP contribution in [-0.2, 0) is 0 Å². The molecule has 0 aliphatic rings. The van der Waals surface area contributed by atoms with Crippen LogP contribution >= 0.6 is 0 Å². The van der Waals surface area contributed by atoms with E-state index in [1.54, 1.807) is 0 Å². The zero-order valence-corrected chi connectivity index (χ0v) is 13.4. The molecule has 2 amide bonds. The lowest BCUT2D eigenvalue weighted by atomic mass is 10.1. The van der Waals surface area contributed by atoms with Gasteiger partial charge in [-0.25, -0.2) is 4.79 Å². The Morgan fingerprint density at radius 1 is 0.955 bits per heavy atom. The lowest BCUT2D eigenvalue weighted by Crippen LogP contribution is -2.21. The standard InChI is InChI=1S/C18H22N2O2/c1-12(2)22-16-11-6-5-10-15(16)19-18(21)20-17-13(3)8-7-9-14(17)4/h5-12H,1-4H3,(H2,19,20,21). The Bertz CT molecular complexity index is 646. The monoisotopic (exact) mass is 298 g/mol. The first-order valence-electron chi connectivity index (χ1n) is 7.37. The van der Waals surface area contributed by atoms with Crippen LogP contribution in [0, 0.1) is 13.8 Å². The summed E-state index contributed by atoms with van der Waals surface area (Å²) >= 11 is 0. The van der Waals surface area contributed by atoms with Gasteiger partial charge in [-0.15, -0.1) is 0 Å². The molecule has 2 aromatic carbocycles. The maximum Gasteiger partial charge on any atom is 0.323 e. The van der Waals surface area contributed by atoms with Crippen LogP contribution in [0.1, 0.15) is 25.0 Å². The topological polar surface area (TPSA) is 50.4 Å². The van der Waals surface area contributed by atoms with Crippen LogP contribution in [0.25, 0.3) is 0 Å². The highest BCUT2D eigenvalue weighted by molar-refractivity contribution is 6.01. The number of anilines is 2. The lowest BCUT2D eigenvalue weighted by molar-refractivity contribution is 0.243. The predicted molar refractivity (Wildman–Crippen MR) is 90.8 cm³/mol. The van der Waals surface area contributed by atoms with Crippen LogP contribution in [0.2, 0.25) is 0 Å². The van der Waals surface area contributed by atoms with Crippen molar-refractivity contribution < 1.29 is 9.53 Å². The Balaban J connectivity index is 2.13. The van der Waals surface area contributed by atoms with E-state index >= 15 is 0 Å². The fourth-order valence-electron chi connectivity index (χ4n) is 2.21.